The minimum Gasteiger partial charge on any atom is -0.310 e. The minimum atomic E-state index is 0.415. The molecule has 1 fully saturated rings. The highest BCUT2D eigenvalue weighted by atomic mass is 15.0. The zero-order valence-electron chi connectivity index (χ0n) is 13.0. The monoisotopic (exact) mass is 283 g/mol. The molecule has 3 rings (SSSR count). The average molecular weight is 283 g/mol. The molecule has 1 N–H and O–H groups in total. The van der Waals surface area contributed by atoms with Crippen LogP contribution in [0.3, 0.4) is 0 Å². The van der Waals surface area contributed by atoms with Gasteiger partial charge in [-0.05, 0) is 55.8 Å². The molecule has 112 valence electrons. The third-order valence-corrected chi connectivity index (χ3v) is 4.71. The van der Waals surface area contributed by atoms with Crippen molar-refractivity contribution in [2.45, 2.75) is 39.2 Å². The molecule has 2 aromatic rings. The summed E-state index contributed by atoms with van der Waals surface area (Å²) in [5.74, 6) is 1.79. The lowest BCUT2D eigenvalue weighted by Gasteiger charge is -2.18. The molecule has 1 aromatic heterocycles. The lowest BCUT2D eigenvalue weighted by Crippen LogP contribution is -2.24. The molecular weight excluding hydrogens is 258 g/mol. The van der Waals surface area contributed by atoms with Crippen molar-refractivity contribution in [3.63, 3.8) is 0 Å². The number of rotatable bonds is 5. The van der Waals surface area contributed by atoms with E-state index in [9.17, 15) is 0 Å². The van der Waals surface area contributed by atoms with Gasteiger partial charge in [0, 0.05) is 24.1 Å². The lowest BCUT2D eigenvalue weighted by atomic mass is 10.0. The Labute approximate surface area is 127 Å². The van der Waals surface area contributed by atoms with Crippen LogP contribution in [0.5, 0.6) is 0 Å². The van der Waals surface area contributed by atoms with Crippen LogP contribution in [0.2, 0.25) is 0 Å². The first-order chi connectivity index (χ1) is 10.2. The summed E-state index contributed by atoms with van der Waals surface area (Å²) in [7, 11) is 0. The molecule has 0 aliphatic heterocycles. The standard InChI is InChI=1S/C18H25N3/c1-14-3-4-16(11-14)12-20-15(2)17-5-7-18(8-6-17)21-10-9-19-13-21/h5-10,13-16,20H,3-4,11-12H2,1-2H3. The van der Waals surface area contributed by atoms with Crippen LogP contribution >= 0.6 is 0 Å². The minimum absolute atomic E-state index is 0.415. The maximum absolute atomic E-state index is 4.09. The summed E-state index contributed by atoms with van der Waals surface area (Å²) in [5.41, 5.74) is 2.51. The Hall–Kier alpha value is -1.61. The summed E-state index contributed by atoms with van der Waals surface area (Å²) in [5, 5.41) is 3.70. The molecule has 0 spiro atoms. The van der Waals surface area contributed by atoms with Crippen molar-refractivity contribution >= 4 is 0 Å². The first kappa shape index (κ1) is 14.3. The van der Waals surface area contributed by atoms with E-state index in [0.717, 1.165) is 24.1 Å². The van der Waals surface area contributed by atoms with Gasteiger partial charge in [0.1, 0.15) is 0 Å². The molecule has 21 heavy (non-hydrogen) atoms. The third kappa shape index (κ3) is 3.53. The smallest absolute Gasteiger partial charge is 0.0991 e. The van der Waals surface area contributed by atoms with Crippen molar-refractivity contribution in [3.05, 3.63) is 48.5 Å². The molecule has 0 saturated heterocycles. The van der Waals surface area contributed by atoms with E-state index in [-0.39, 0.29) is 0 Å². The van der Waals surface area contributed by atoms with Crippen LogP contribution in [0, 0.1) is 11.8 Å². The Morgan fingerprint density at radius 2 is 2.10 bits per heavy atom. The van der Waals surface area contributed by atoms with Crippen molar-refractivity contribution in [2.75, 3.05) is 6.54 Å². The van der Waals surface area contributed by atoms with Crippen molar-refractivity contribution in [2.24, 2.45) is 11.8 Å². The number of nitrogens with one attached hydrogen (secondary N) is 1. The van der Waals surface area contributed by atoms with Crippen molar-refractivity contribution in [1.82, 2.24) is 14.9 Å². The zero-order valence-corrected chi connectivity index (χ0v) is 13.0. The van der Waals surface area contributed by atoms with E-state index >= 15 is 0 Å². The van der Waals surface area contributed by atoms with Crippen LogP contribution in [-0.2, 0) is 0 Å². The zero-order chi connectivity index (χ0) is 14.7. The summed E-state index contributed by atoms with van der Waals surface area (Å²) in [4.78, 5) is 4.09. The fraction of sp³-hybridized carbons (Fsp3) is 0.500. The second-order valence-electron chi connectivity index (χ2n) is 6.48. The highest BCUT2D eigenvalue weighted by molar-refractivity contribution is 5.35. The fourth-order valence-corrected chi connectivity index (χ4v) is 3.32. The second kappa shape index (κ2) is 6.44. The van der Waals surface area contributed by atoms with E-state index in [4.69, 9.17) is 0 Å². The van der Waals surface area contributed by atoms with Gasteiger partial charge in [-0.1, -0.05) is 25.5 Å². The van der Waals surface area contributed by atoms with Gasteiger partial charge in [-0.25, -0.2) is 4.98 Å². The molecule has 0 bridgehead atoms. The summed E-state index contributed by atoms with van der Waals surface area (Å²) in [6, 6.07) is 9.16. The highest BCUT2D eigenvalue weighted by Gasteiger charge is 2.21. The van der Waals surface area contributed by atoms with E-state index in [2.05, 4.69) is 48.4 Å². The van der Waals surface area contributed by atoms with Gasteiger partial charge in [0.15, 0.2) is 0 Å². The molecule has 0 radical (unpaired) electrons. The van der Waals surface area contributed by atoms with Crippen LogP contribution in [-0.4, -0.2) is 16.1 Å². The lowest BCUT2D eigenvalue weighted by molar-refractivity contribution is 0.440. The molecule has 1 aliphatic rings. The topological polar surface area (TPSA) is 29.9 Å². The molecule has 3 nitrogen and oxygen atoms in total. The SMILES string of the molecule is CC1CCC(CNC(C)c2ccc(-n3ccnc3)cc2)C1. The summed E-state index contributed by atoms with van der Waals surface area (Å²) >= 11 is 0. The predicted molar refractivity (Wildman–Crippen MR) is 86.5 cm³/mol. The number of hydrogen-bond acceptors (Lipinski definition) is 2. The van der Waals surface area contributed by atoms with Crippen LogP contribution < -0.4 is 5.32 Å². The molecular formula is C18H25N3. The number of imidazole rings is 1. The number of hydrogen-bond donors (Lipinski definition) is 1. The quantitative estimate of drug-likeness (QED) is 0.900. The van der Waals surface area contributed by atoms with E-state index in [1.165, 1.54) is 24.8 Å². The van der Waals surface area contributed by atoms with Gasteiger partial charge in [-0.2, -0.15) is 0 Å². The van der Waals surface area contributed by atoms with Gasteiger partial charge >= 0.3 is 0 Å². The highest BCUT2D eigenvalue weighted by Crippen LogP contribution is 2.30. The van der Waals surface area contributed by atoms with E-state index < -0.39 is 0 Å². The molecule has 3 unspecified atom stereocenters. The van der Waals surface area contributed by atoms with Crippen LogP contribution in [0.25, 0.3) is 5.69 Å². The third-order valence-electron chi connectivity index (χ3n) is 4.71. The summed E-state index contributed by atoms with van der Waals surface area (Å²) < 4.78 is 2.03. The largest absolute Gasteiger partial charge is 0.310 e. The first-order valence-electron chi connectivity index (χ1n) is 8.04. The molecule has 1 saturated carbocycles. The van der Waals surface area contributed by atoms with Gasteiger partial charge in [0.05, 0.1) is 6.33 Å². The first-order valence-corrected chi connectivity index (χ1v) is 8.04. The molecule has 3 atom stereocenters. The van der Waals surface area contributed by atoms with Crippen LogP contribution in [0.1, 0.15) is 44.7 Å². The van der Waals surface area contributed by atoms with Crippen molar-refractivity contribution < 1.29 is 0 Å². The summed E-state index contributed by atoms with van der Waals surface area (Å²) in [6.45, 7) is 5.78. The second-order valence-corrected chi connectivity index (χ2v) is 6.48. The molecule has 1 heterocycles. The maximum atomic E-state index is 4.09. The van der Waals surface area contributed by atoms with Gasteiger partial charge in [-0.3, -0.25) is 0 Å². The van der Waals surface area contributed by atoms with Gasteiger partial charge in [-0.15, -0.1) is 0 Å². The van der Waals surface area contributed by atoms with E-state index in [1.807, 2.05) is 17.1 Å². The Balaban J connectivity index is 1.56. The van der Waals surface area contributed by atoms with Gasteiger partial charge < -0.3 is 9.88 Å². The Bertz CT molecular complexity index is 544. The maximum Gasteiger partial charge on any atom is 0.0991 e. The Morgan fingerprint density at radius 1 is 1.29 bits per heavy atom. The molecule has 0 amide bonds. The normalized spacial score (nSPS) is 23.3. The van der Waals surface area contributed by atoms with Gasteiger partial charge in [0.2, 0.25) is 0 Å². The molecule has 1 aromatic carbocycles. The van der Waals surface area contributed by atoms with E-state index in [0.29, 0.717) is 6.04 Å². The fourth-order valence-electron chi connectivity index (χ4n) is 3.32. The van der Waals surface area contributed by atoms with Crippen molar-refractivity contribution in [1.29, 1.82) is 0 Å². The average Bonchev–Trinajstić information content (AvgIpc) is 3.16. The number of benzene rings is 1. The Morgan fingerprint density at radius 3 is 2.71 bits per heavy atom. The van der Waals surface area contributed by atoms with E-state index in [1.54, 1.807) is 6.20 Å². The number of aromatic nitrogens is 2. The molecule has 1 aliphatic carbocycles. The van der Waals surface area contributed by atoms with Crippen molar-refractivity contribution in [3.8, 4) is 5.69 Å². The van der Waals surface area contributed by atoms with Crippen LogP contribution in [0.4, 0.5) is 0 Å². The van der Waals surface area contributed by atoms with Crippen LogP contribution in [0.15, 0.2) is 43.0 Å². The molecule has 3 heteroatoms. The Kier molecular flexibility index (Phi) is 4.39. The number of nitrogens with zero attached hydrogens (tertiary/aromatic N) is 2. The predicted octanol–water partition coefficient (Wildman–Crippen LogP) is 3.96. The van der Waals surface area contributed by atoms with Gasteiger partial charge in [0.25, 0.3) is 0 Å². The summed E-state index contributed by atoms with van der Waals surface area (Å²) in [6.07, 6.45) is 9.79.